The summed E-state index contributed by atoms with van der Waals surface area (Å²) in [5.74, 6) is 0. The minimum Gasteiger partial charge on any atom is -0.394 e. The summed E-state index contributed by atoms with van der Waals surface area (Å²) in [6, 6.07) is 7.13. The molecule has 1 heterocycles. The zero-order chi connectivity index (χ0) is 15.4. The van der Waals surface area contributed by atoms with Gasteiger partial charge in [-0.15, -0.1) is 0 Å². The molecule has 0 aliphatic carbocycles. The van der Waals surface area contributed by atoms with E-state index < -0.39 is 47.2 Å². The molecule has 0 saturated carbocycles. The van der Waals surface area contributed by atoms with Gasteiger partial charge in [-0.25, -0.2) is 0 Å². The van der Waals surface area contributed by atoms with Gasteiger partial charge in [0.15, 0.2) is 0 Å². The molecule has 0 radical (unpaired) electrons. The van der Waals surface area contributed by atoms with Gasteiger partial charge in [-0.2, -0.15) is 0 Å². The van der Waals surface area contributed by atoms with Crippen LogP contribution in [0.25, 0.3) is 10.4 Å². The molecule has 6 atom stereocenters. The quantitative estimate of drug-likeness (QED) is 0.405. The summed E-state index contributed by atoms with van der Waals surface area (Å²) in [4.78, 5) is 3.03. The lowest BCUT2D eigenvalue weighted by Gasteiger charge is -2.39. The molecular formula is C12H15N3O5S. The molecule has 1 aromatic rings. The summed E-state index contributed by atoms with van der Waals surface area (Å²) < 4.78 is 17.9. The number of benzene rings is 1. The topological polar surface area (TPSA) is 136 Å². The molecule has 1 aliphatic rings. The van der Waals surface area contributed by atoms with Gasteiger partial charge >= 0.3 is 0 Å². The fourth-order valence-electron chi connectivity index (χ4n) is 2.12. The summed E-state index contributed by atoms with van der Waals surface area (Å²) in [7, 11) is -1.73. The molecule has 0 amide bonds. The van der Waals surface area contributed by atoms with Crippen LogP contribution in [0.5, 0.6) is 0 Å². The maximum Gasteiger partial charge on any atom is 0.148 e. The Kier molecular flexibility index (Phi) is 5.29. The van der Waals surface area contributed by atoms with E-state index in [9.17, 15) is 14.4 Å². The van der Waals surface area contributed by atoms with Crippen LogP contribution >= 0.6 is 0 Å². The number of rotatable bonds is 4. The van der Waals surface area contributed by atoms with Crippen LogP contribution in [0.1, 0.15) is 0 Å². The van der Waals surface area contributed by atoms with E-state index in [4.69, 9.17) is 15.4 Å². The van der Waals surface area contributed by atoms with Gasteiger partial charge < -0.3 is 20.1 Å². The van der Waals surface area contributed by atoms with Crippen molar-refractivity contribution in [2.75, 3.05) is 6.61 Å². The SMILES string of the molecule is [N-]=[N+]=NC1C(O)C(O)C(CO)OC1S(=O)c1ccccc1. The highest BCUT2D eigenvalue weighted by Crippen LogP contribution is 2.28. The van der Waals surface area contributed by atoms with Crippen molar-refractivity contribution in [1.82, 2.24) is 0 Å². The zero-order valence-electron chi connectivity index (χ0n) is 10.9. The van der Waals surface area contributed by atoms with Crippen LogP contribution in [0.4, 0.5) is 0 Å². The first-order valence-corrected chi connectivity index (χ1v) is 7.43. The fraction of sp³-hybridized carbons (Fsp3) is 0.500. The molecule has 2 rings (SSSR count). The van der Waals surface area contributed by atoms with Crippen LogP contribution in [0.2, 0.25) is 0 Å². The molecule has 9 heteroatoms. The number of hydrogen-bond donors (Lipinski definition) is 3. The van der Waals surface area contributed by atoms with Gasteiger partial charge in [0.1, 0.15) is 23.7 Å². The average molecular weight is 313 g/mol. The molecule has 1 saturated heterocycles. The predicted octanol–water partition coefficient (Wildman–Crippen LogP) is -0.0879. The Morgan fingerprint density at radius 3 is 2.52 bits per heavy atom. The van der Waals surface area contributed by atoms with Crippen molar-refractivity contribution < 1.29 is 24.3 Å². The molecule has 0 spiro atoms. The van der Waals surface area contributed by atoms with Gasteiger partial charge in [-0.3, -0.25) is 4.21 Å². The highest BCUT2D eigenvalue weighted by molar-refractivity contribution is 7.85. The van der Waals surface area contributed by atoms with Gasteiger partial charge in [0.05, 0.1) is 23.5 Å². The number of hydrogen-bond acceptors (Lipinski definition) is 6. The van der Waals surface area contributed by atoms with E-state index in [0.717, 1.165) is 0 Å². The van der Waals surface area contributed by atoms with Crippen LogP contribution < -0.4 is 0 Å². The van der Waals surface area contributed by atoms with E-state index in [1.54, 1.807) is 30.3 Å². The average Bonchev–Trinajstić information content (AvgIpc) is 2.52. The van der Waals surface area contributed by atoms with Crippen molar-refractivity contribution in [3.05, 3.63) is 40.8 Å². The number of aliphatic hydroxyl groups is 3. The third-order valence-electron chi connectivity index (χ3n) is 3.22. The fourth-order valence-corrected chi connectivity index (χ4v) is 3.52. The zero-order valence-corrected chi connectivity index (χ0v) is 11.7. The number of aliphatic hydroxyl groups excluding tert-OH is 3. The molecular weight excluding hydrogens is 298 g/mol. The van der Waals surface area contributed by atoms with Crippen LogP contribution in [0, 0.1) is 0 Å². The normalized spacial score (nSPS) is 34.0. The van der Waals surface area contributed by atoms with E-state index in [1.807, 2.05) is 0 Å². The summed E-state index contributed by atoms with van der Waals surface area (Å²) in [6.45, 7) is -0.552. The smallest absolute Gasteiger partial charge is 0.148 e. The second-order valence-corrected chi connectivity index (χ2v) is 6.04. The minimum atomic E-state index is -1.73. The lowest BCUT2D eigenvalue weighted by Crippen LogP contribution is -2.58. The molecule has 8 nitrogen and oxygen atoms in total. The van der Waals surface area contributed by atoms with Crippen LogP contribution in [0.3, 0.4) is 0 Å². The van der Waals surface area contributed by atoms with E-state index in [0.29, 0.717) is 4.90 Å². The van der Waals surface area contributed by atoms with Crippen molar-refractivity contribution >= 4 is 10.8 Å². The standard InChI is InChI=1S/C12H15N3O5S/c13-15-14-9-11(18)10(17)8(6-16)20-12(9)21(19)7-4-2-1-3-5-7/h1-5,8-12,16-18H,6H2. The Hall–Kier alpha value is -1.48. The Morgan fingerprint density at radius 1 is 1.29 bits per heavy atom. The van der Waals surface area contributed by atoms with Crippen molar-refractivity contribution in [2.45, 2.75) is 34.7 Å². The Morgan fingerprint density at radius 2 is 1.95 bits per heavy atom. The lowest BCUT2D eigenvalue weighted by molar-refractivity contribution is -0.166. The van der Waals surface area contributed by atoms with Gasteiger partial charge in [-0.05, 0) is 17.7 Å². The Balaban J connectivity index is 2.33. The first kappa shape index (κ1) is 15.9. The number of ether oxygens (including phenoxy) is 1. The summed E-state index contributed by atoms with van der Waals surface area (Å²) in [5.41, 5.74) is 7.42. The van der Waals surface area contributed by atoms with Crippen molar-refractivity contribution in [2.24, 2.45) is 5.11 Å². The Bertz CT molecular complexity index is 551. The van der Waals surface area contributed by atoms with Gasteiger partial charge in [-0.1, -0.05) is 23.3 Å². The van der Waals surface area contributed by atoms with Crippen molar-refractivity contribution in [3.63, 3.8) is 0 Å². The van der Waals surface area contributed by atoms with E-state index in [2.05, 4.69) is 10.0 Å². The monoisotopic (exact) mass is 313 g/mol. The lowest BCUT2D eigenvalue weighted by atomic mass is 9.99. The highest BCUT2D eigenvalue weighted by atomic mass is 32.2. The highest BCUT2D eigenvalue weighted by Gasteiger charge is 2.46. The maximum absolute atomic E-state index is 12.5. The number of azide groups is 1. The van der Waals surface area contributed by atoms with Crippen molar-refractivity contribution in [1.29, 1.82) is 0 Å². The van der Waals surface area contributed by atoms with Gasteiger partial charge in [0, 0.05) is 9.81 Å². The molecule has 0 aromatic heterocycles. The molecule has 1 aliphatic heterocycles. The van der Waals surface area contributed by atoms with E-state index in [1.165, 1.54) is 0 Å². The van der Waals surface area contributed by atoms with Crippen LogP contribution in [0.15, 0.2) is 40.3 Å². The van der Waals surface area contributed by atoms with Gasteiger partial charge in [0.25, 0.3) is 0 Å². The Labute approximate surface area is 123 Å². The largest absolute Gasteiger partial charge is 0.394 e. The molecule has 1 fully saturated rings. The predicted molar refractivity (Wildman–Crippen MR) is 73.5 cm³/mol. The molecule has 0 bridgehead atoms. The first-order valence-electron chi connectivity index (χ1n) is 6.22. The van der Waals surface area contributed by atoms with E-state index >= 15 is 0 Å². The third kappa shape index (κ3) is 3.24. The van der Waals surface area contributed by atoms with E-state index in [-0.39, 0.29) is 0 Å². The molecule has 1 aromatic carbocycles. The van der Waals surface area contributed by atoms with Gasteiger partial charge in [0.2, 0.25) is 0 Å². The molecule has 21 heavy (non-hydrogen) atoms. The summed E-state index contributed by atoms with van der Waals surface area (Å²) in [6.07, 6.45) is -3.98. The second kappa shape index (κ2) is 6.99. The first-order chi connectivity index (χ1) is 10.1. The van der Waals surface area contributed by atoms with Crippen LogP contribution in [-0.2, 0) is 15.5 Å². The summed E-state index contributed by atoms with van der Waals surface area (Å²) >= 11 is 0. The second-order valence-electron chi connectivity index (χ2n) is 4.51. The summed E-state index contributed by atoms with van der Waals surface area (Å²) in [5, 5.41) is 32.3. The third-order valence-corrected chi connectivity index (χ3v) is 4.77. The number of nitrogens with zero attached hydrogens (tertiary/aromatic N) is 3. The van der Waals surface area contributed by atoms with Crippen molar-refractivity contribution in [3.8, 4) is 0 Å². The molecule has 114 valence electrons. The minimum absolute atomic E-state index is 0.431. The molecule has 3 N–H and O–H groups in total. The van der Waals surface area contributed by atoms with Crippen LogP contribution in [-0.4, -0.2) is 55.9 Å². The maximum atomic E-state index is 12.5. The molecule has 6 unspecified atom stereocenters.